The molecular weight excluding hydrogens is 471 g/mol. The van der Waals surface area contributed by atoms with Crippen LogP contribution in [0.15, 0.2) is 54.7 Å². The van der Waals surface area contributed by atoms with Gasteiger partial charge in [0.2, 0.25) is 0 Å². The summed E-state index contributed by atoms with van der Waals surface area (Å²) in [5, 5.41) is 13.3. The van der Waals surface area contributed by atoms with Gasteiger partial charge in [-0.25, -0.2) is 9.37 Å². The number of likely N-dealkylation sites (tertiary alicyclic amines) is 1. The Morgan fingerprint density at radius 1 is 1.31 bits per heavy atom. The molecule has 1 unspecified atom stereocenters. The van der Waals surface area contributed by atoms with E-state index >= 15 is 4.39 Å². The molecule has 0 saturated carbocycles. The Morgan fingerprint density at radius 3 is 2.83 bits per heavy atom. The van der Waals surface area contributed by atoms with Crippen molar-refractivity contribution in [3.63, 3.8) is 0 Å². The Balaban J connectivity index is 1.57. The normalized spacial score (nSPS) is 17.3. The minimum Gasteiger partial charge on any atom is -0.387 e. The number of hydrogen-bond donors (Lipinski definition) is 3. The molecule has 0 aliphatic carbocycles. The first-order chi connectivity index (χ1) is 16.8. The predicted octanol–water partition coefficient (Wildman–Crippen LogP) is 3.92. The maximum Gasteiger partial charge on any atom is 0.254 e. The predicted molar refractivity (Wildman–Crippen MR) is 132 cm³/mol. The number of aliphatic hydroxyl groups excluding tert-OH is 1. The maximum absolute atomic E-state index is 15.1. The first-order valence-corrected chi connectivity index (χ1v) is 11.6. The number of nitrogens with two attached hydrogens (primary N) is 1. The fourth-order valence-electron chi connectivity index (χ4n) is 4.43. The lowest BCUT2D eigenvalue weighted by Crippen LogP contribution is -2.36. The molecule has 2 aromatic carbocycles. The first kappa shape index (κ1) is 24.8. The van der Waals surface area contributed by atoms with Crippen molar-refractivity contribution in [1.82, 2.24) is 15.2 Å². The van der Waals surface area contributed by atoms with Crippen molar-refractivity contribution in [1.29, 1.82) is 0 Å². The number of nitrogens with one attached hydrogen (secondary N) is 1. The molecule has 4 rings (SSSR count). The number of aliphatic hydroxyl groups is 1. The molecular formula is C26H26ClFN4O3. The van der Waals surface area contributed by atoms with Gasteiger partial charge >= 0.3 is 0 Å². The Labute approximate surface area is 207 Å². The summed E-state index contributed by atoms with van der Waals surface area (Å²) >= 11 is 5.94. The van der Waals surface area contributed by atoms with Crippen LogP contribution in [0.4, 0.5) is 10.2 Å². The Morgan fingerprint density at radius 2 is 2.11 bits per heavy atom. The minimum absolute atomic E-state index is 0.0698. The number of rotatable bonds is 6. The average molecular weight is 497 g/mol. The third kappa shape index (κ3) is 5.35. The Kier molecular flexibility index (Phi) is 7.45. The van der Waals surface area contributed by atoms with Crippen molar-refractivity contribution in [3.05, 3.63) is 82.3 Å². The molecule has 0 bridgehead atoms. The van der Waals surface area contributed by atoms with Crippen molar-refractivity contribution < 1.29 is 19.1 Å². The molecule has 0 radical (unpaired) electrons. The number of ketones is 1. The third-order valence-corrected chi connectivity index (χ3v) is 6.41. The van der Waals surface area contributed by atoms with E-state index in [1.165, 1.54) is 18.3 Å². The zero-order valence-corrected chi connectivity index (χ0v) is 19.9. The summed E-state index contributed by atoms with van der Waals surface area (Å²) in [7, 11) is 1.87. The van der Waals surface area contributed by atoms with Gasteiger partial charge in [-0.05, 0) is 67.0 Å². The van der Waals surface area contributed by atoms with E-state index in [4.69, 9.17) is 17.3 Å². The van der Waals surface area contributed by atoms with Gasteiger partial charge < -0.3 is 16.2 Å². The van der Waals surface area contributed by atoms with Crippen molar-refractivity contribution in [2.45, 2.75) is 25.0 Å². The largest absolute Gasteiger partial charge is 0.387 e. The highest BCUT2D eigenvalue weighted by atomic mass is 35.5. The molecule has 0 spiro atoms. The van der Waals surface area contributed by atoms with E-state index in [2.05, 4.69) is 10.3 Å². The lowest BCUT2D eigenvalue weighted by atomic mass is 9.89. The van der Waals surface area contributed by atoms with E-state index in [1.807, 2.05) is 11.9 Å². The minimum atomic E-state index is -0.997. The maximum atomic E-state index is 15.1. The molecule has 9 heteroatoms. The molecule has 1 saturated heterocycles. The van der Waals surface area contributed by atoms with Gasteiger partial charge in [-0.1, -0.05) is 29.8 Å². The third-order valence-electron chi connectivity index (χ3n) is 6.18. The summed E-state index contributed by atoms with van der Waals surface area (Å²) in [5.74, 6) is -1.18. The number of likely N-dealkylation sites (N-methyl/N-ethyl adjacent to an activating group) is 1. The molecule has 2 heterocycles. The smallest absolute Gasteiger partial charge is 0.254 e. The van der Waals surface area contributed by atoms with Gasteiger partial charge in [0.15, 0.2) is 5.78 Å². The number of piperidine rings is 1. The topological polar surface area (TPSA) is 109 Å². The number of aromatic nitrogens is 1. The number of benzene rings is 2. The van der Waals surface area contributed by atoms with Gasteiger partial charge in [0.25, 0.3) is 5.91 Å². The molecule has 3 aromatic rings. The summed E-state index contributed by atoms with van der Waals surface area (Å²) in [6.07, 6.45) is 1.78. The highest BCUT2D eigenvalue weighted by Crippen LogP contribution is 2.37. The van der Waals surface area contributed by atoms with E-state index in [0.717, 1.165) is 13.0 Å². The van der Waals surface area contributed by atoms with Gasteiger partial charge in [-0.2, -0.15) is 0 Å². The second kappa shape index (κ2) is 10.5. The first-order valence-electron chi connectivity index (χ1n) is 11.2. The van der Waals surface area contributed by atoms with E-state index in [0.29, 0.717) is 33.7 Å². The lowest BCUT2D eigenvalue weighted by Gasteiger charge is -2.32. The van der Waals surface area contributed by atoms with Crippen molar-refractivity contribution in [3.8, 4) is 11.1 Å². The lowest BCUT2D eigenvalue weighted by molar-refractivity contribution is -0.126. The molecule has 4 N–H and O–H groups in total. The van der Waals surface area contributed by atoms with Gasteiger partial charge in [-0.15, -0.1) is 0 Å². The quantitative estimate of drug-likeness (QED) is 0.477. The van der Waals surface area contributed by atoms with Crippen LogP contribution in [-0.2, 0) is 4.79 Å². The number of hydrogen-bond acceptors (Lipinski definition) is 6. The highest BCUT2D eigenvalue weighted by Gasteiger charge is 2.31. The fourth-order valence-corrected chi connectivity index (χ4v) is 4.63. The van der Waals surface area contributed by atoms with Crippen LogP contribution in [0.5, 0.6) is 0 Å². The van der Waals surface area contributed by atoms with Crippen LogP contribution in [0.3, 0.4) is 0 Å². The van der Waals surface area contributed by atoms with Crippen LogP contribution in [0.1, 0.15) is 46.5 Å². The number of nitrogen functional groups attached to an aromatic ring is 1. The number of Topliss-reactive ketones (excluding diaryl/α,β-unsaturated/α-hetero) is 1. The van der Waals surface area contributed by atoms with Crippen LogP contribution >= 0.6 is 11.6 Å². The molecule has 1 amide bonds. The zero-order valence-electron chi connectivity index (χ0n) is 19.2. The monoisotopic (exact) mass is 496 g/mol. The molecule has 2 atom stereocenters. The van der Waals surface area contributed by atoms with Crippen molar-refractivity contribution in [2.24, 2.45) is 0 Å². The molecule has 182 valence electrons. The molecule has 35 heavy (non-hydrogen) atoms. The van der Waals surface area contributed by atoms with Crippen LogP contribution in [0.25, 0.3) is 11.1 Å². The summed E-state index contributed by atoms with van der Waals surface area (Å²) in [5.41, 5.74) is 8.08. The second-order valence-corrected chi connectivity index (χ2v) is 9.03. The molecule has 1 aliphatic rings. The number of pyridine rings is 1. The van der Waals surface area contributed by atoms with E-state index in [1.54, 1.807) is 36.4 Å². The van der Waals surface area contributed by atoms with E-state index in [9.17, 15) is 14.7 Å². The summed E-state index contributed by atoms with van der Waals surface area (Å²) in [4.78, 5) is 31.4. The summed E-state index contributed by atoms with van der Waals surface area (Å²) in [6.45, 7) is 0.642. The molecule has 1 fully saturated rings. The number of amides is 1. The molecule has 7 nitrogen and oxygen atoms in total. The van der Waals surface area contributed by atoms with Crippen LogP contribution in [0, 0.1) is 5.82 Å². The number of carbonyl (C=O) groups is 2. The Hall–Kier alpha value is -3.33. The average Bonchev–Trinajstić information content (AvgIpc) is 2.82. The number of carbonyl (C=O) groups excluding carboxylic acids is 2. The van der Waals surface area contributed by atoms with E-state index in [-0.39, 0.29) is 23.7 Å². The fraction of sp³-hybridized carbons (Fsp3) is 0.269. The zero-order chi connectivity index (χ0) is 25.1. The SMILES string of the molecule is CN1CCCC(=O)C1c1ccnc(N)c1-c1ccc(C(=O)NC[C@@H](O)c2cccc(Cl)c2)c(F)c1. The summed E-state index contributed by atoms with van der Waals surface area (Å²) in [6, 6.07) is 12.0. The number of anilines is 1. The number of halogens is 2. The van der Waals surface area contributed by atoms with Gasteiger partial charge in [0, 0.05) is 29.7 Å². The van der Waals surface area contributed by atoms with Crippen LogP contribution in [0.2, 0.25) is 5.02 Å². The van der Waals surface area contributed by atoms with Crippen LogP contribution < -0.4 is 11.1 Å². The Bertz CT molecular complexity index is 1270. The number of nitrogens with zero attached hydrogens (tertiary/aromatic N) is 2. The van der Waals surface area contributed by atoms with Crippen molar-refractivity contribution >= 4 is 29.1 Å². The van der Waals surface area contributed by atoms with Crippen LogP contribution in [-0.4, -0.2) is 46.8 Å². The van der Waals surface area contributed by atoms with Gasteiger partial charge in [0.1, 0.15) is 11.6 Å². The highest BCUT2D eigenvalue weighted by molar-refractivity contribution is 6.30. The second-order valence-electron chi connectivity index (χ2n) is 8.59. The van der Waals surface area contributed by atoms with Gasteiger partial charge in [-0.3, -0.25) is 14.5 Å². The summed E-state index contributed by atoms with van der Waals surface area (Å²) < 4.78 is 15.1. The molecule has 1 aliphatic heterocycles. The van der Waals surface area contributed by atoms with Crippen molar-refractivity contribution in [2.75, 3.05) is 25.9 Å². The molecule has 1 aromatic heterocycles. The van der Waals surface area contributed by atoms with E-state index < -0.39 is 23.9 Å². The standard InChI is InChI=1S/C26H26ClFN4O3/c1-32-11-3-6-21(33)24(32)19-9-10-30-25(29)23(19)16-7-8-18(20(28)13-16)26(35)31-14-22(34)15-4-2-5-17(27)12-15/h2,4-5,7-10,12-13,22,24,34H,3,6,11,14H2,1H3,(H2,29,30)(H,31,35)/t22-,24?/m1/s1. The van der Waals surface area contributed by atoms with Gasteiger partial charge in [0.05, 0.1) is 17.7 Å².